The molecule has 18 heavy (non-hydrogen) atoms. The lowest BCUT2D eigenvalue weighted by Gasteiger charge is -2.06. The monoisotopic (exact) mass is 311 g/mol. The number of benzene rings is 1. The highest BCUT2D eigenvalue weighted by Crippen LogP contribution is 2.15. The number of amides is 1. The second kappa shape index (κ2) is 5.18. The van der Waals surface area contributed by atoms with E-state index < -0.39 is 6.09 Å². The molecule has 2 aromatic rings. The summed E-state index contributed by atoms with van der Waals surface area (Å²) in [5, 5.41) is 15.9. The summed E-state index contributed by atoms with van der Waals surface area (Å²) < 4.78 is 2.12. The zero-order chi connectivity index (χ0) is 13.1. The Morgan fingerprint density at radius 2 is 2.28 bits per heavy atom. The summed E-state index contributed by atoms with van der Waals surface area (Å²) in [7, 11) is 0. The highest BCUT2D eigenvalue weighted by Gasteiger charge is 2.04. The Balaban J connectivity index is 2.30. The van der Waals surface area contributed by atoms with Gasteiger partial charge in [-0.25, -0.2) is 9.48 Å². The quantitative estimate of drug-likeness (QED) is 0.898. The van der Waals surface area contributed by atoms with Gasteiger partial charge in [-0.2, -0.15) is 5.10 Å². The van der Waals surface area contributed by atoms with Crippen LogP contribution in [0.1, 0.15) is 0 Å². The van der Waals surface area contributed by atoms with E-state index in [4.69, 9.17) is 5.11 Å². The van der Waals surface area contributed by atoms with Gasteiger partial charge in [-0.3, -0.25) is 4.79 Å². The van der Waals surface area contributed by atoms with Gasteiger partial charge in [-0.1, -0.05) is 15.9 Å². The SMILES string of the molecule is O=C(O)NCCn1ncc2cc(Br)ccc2c1=O. The van der Waals surface area contributed by atoms with E-state index in [-0.39, 0.29) is 18.6 Å². The number of carboxylic acid groups (broad SMARTS) is 1. The molecule has 2 N–H and O–H groups in total. The Kier molecular flexibility index (Phi) is 3.61. The zero-order valence-corrected chi connectivity index (χ0v) is 10.8. The largest absolute Gasteiger partial charge is 0.465 e. The Morgan fingerprint density at radius 3 is 3.00 bits per heavy atom. The average Bonchev–Trinajstić information content (AvgIpc) is 2.31. The highest BCUT2D eigenvalue weighted by atomic mass is 79.9. The van der Waals surface area contributed by atoms with Crippen molar-refractivity contribution < 1.29 is 9.90 Å². The van der Waals surface area contributed by atoms with Gasteiger partial charge in [0.1, 0.15) is 0 Å². The first-order valence-corrected chi connectivity index (χ1v) is 5.99. The standard InChI is InChI=1S/C11H10BrN3O3/c12-8-1-2-9-7(5-8)6-14-15(10(9)16)4-3-13-11(17)18/h1-2,5-6,13H,3-4H2,(H,17,18). The van der Waals surface area contributed by atoms with Crippen LogP contribution < -0.4 is 10.9 Å². The van der Waals surface area contributed by atoms with Crippen molar-refractivity contribution in [2.75, 3.05) is 6.54 Å². The molecule has 0 aliphatic rings. The third kappa shape index (κ3) is 2.67. The van der Waals surface area contributed by atoms with E-state index in [2.05, 4.69) is 26.3 Å². The number of halogens is 1. The van der Waals surface area contributed by atoms with E-state index in [1.807, 2.05) is 6.07 Å². The van der Waals surface area contributed by atoms with Crippen LogP contribution in [-0.2, 0) is 6.54 Å². The number of nitrogens with zero attached hydrogens (tertiary/aromatic N) is 2. The van der Waals surface area contributed by atoms with Crippen molar-refractivity contribution >= 4 is 32.8 Å². The fourth-order valence-electron chi connectivity index (χ4n) is 1.59. The topological polar surface area (TPSA) is 84.2 Å². The summed E-state index contributed by atoms with van der Waals surface area (Å²) in [4.78, 5) is 22.3. The summed E-state index contributed by atoms with van der Waals surface area (Å²) in [6.45, 7) is 0.349. The lowest BCUT2D eigenvalue weighted by molar-refractivity contribution is 0.194. The lowest BCUT2D eigenvalue weighted by Crippen LogP contribution is -2.31. The fourth-order valence-corrected chi connectivity index (χ4v) is 1.97. The molecule has 0 aliphatic carbocycles. The van der Waals surface area contributed by atoms with E-state index in [0.29, 0.717) is 5.39 Å². The summed E-state index contributed by atoms with van der Waals surface area (Å²) >= 11 is 3.32. The van der Waals surface area contributed by atoms with Crippen LogP contribution in [0.4, 0.5) is 4.79 Å². The molecule has 0 radical (unpaired) electrons. The highest BCUT2D eigenvalue weighted by molar-refractivity contribution is 9.10. The molecule has 94 valence electrons. The molecule has 0 spiro atoms. The molecule has 0 unspecified atom stereocenters. The first-order valence-electron chi connectivity index (χ1n) is 5.20. The second-order valence-electron chi connectivity index (χ2n) is 3.64. The fraction of sp³-hybridized carbons (Fsp3) is 0.182. The number of carbonyl (C=O) groups is 1. The van der Waals surface area contributed by atoms with Crippen molar-refractivity contribution in [2.45, 2.75) is 6.54 Å². The summed E-state index contributed by atoms with van der Waals surface area (Å²) in [5.74, 6) is 0. The minimum absolute atomic E-state index is 0.143. The molecule has 1 aromatic carbocycles. The Labute approximate surface area is 110 Å². The van der Waals surface area contributed by atoms with Gasteiger partial charge < -0.3 is 10.4 Å². The molecule has 1 aromatic heterocycles. The number of fused-ring (bicyclic) bond motifs is 1. The molecule has 6 nitrogen and oxygen atoms in total. The molecular formula is C11H10BrN3O3. The van der Waals surface area contributed by atoms with Crippen LogP contribution in [0.5, 0.6) is 0 Å². The normalized spacial score (nSPS) is 10.5. The molecule has 0 saturated carbocycles. The smallest absolute Gasteiger partial charge is 0.404 e. The van der Waals surface area contributed by atoms with Crippen LogP contribution in [0.25, 0.3) is 10.8 Å². The van der Waals surface area contributed by atoms with Gasteiger partial charge in [0.25, 0.3) is 5.56 Å². The Morgan fingerprint density at radius 1 is 1.50 bits per heavy atom. The molecule has 0 atom stereocenters. The van der Waals surface area contributed by atoms with Gasteiger partial charge in [0.15, 0.2) is 0 Å². The van der Waals surface area contributed by atoms with Crippen molar-refractivity contribution in [3.05, 3.63) is 39.2 Å². The Bertz CT molecular complexity index is 654. The molecule has 0 fully saturated rings. The average molecular weight is 312 g/mol. The maximum atomic E-state index is 12.0. The second-order valence-corrected chi connectivity index (χ2v) is 4.55. The van der Waals surface area contributed by atoms with Crippen LogP contribution in [0.3, 0.4) is 0 Å². The van der Waals surface area contributed by atoms with E-state index in [0.717, 1.165) is 9.86 Å². The molecule has 1 amide bonds. The van der Waals surface area contributed by atoms with Crippen molar-refractivity contribution in [3.8, 4) is 0 Å². The maximum absolute atomic E-state index is 12.0. The van der Waals surface area contributed by atoms with Crippen LogP contribution in [0, 0.1) is 0 Å². The first kappa shape index (κ1) is 12.6. The molecule has 2 rings (SSSR count). The first-order chi connectivity index (χ1) is 8.58. The number of nitrogens with one attached hydrogen (secondary N) is 1. The predicted molar refractivity (Wildman–Crippen MR) is 69.7 cm³/mol. The van der Waals surface area contributed by atoms with Crippen molar-refractivity contribution in [1.82, 2.24) is 15.1 Å². The minimum atomic E-state index is -1.12. The van der Waals surface area contributed by atoms with Gasteiger partial charge in [0.05, 0.1) is 18.1 Å². The third-order valence-corrected chi connectivity index (χ3v) is 2.91. The van der Waals surface area contributed by atoms with E-state index in [1.165, 1.54) is 4.68 Å². The molecule has 0 saturated heterocycles. The van der Waals surface area contributed by atoms with E-state index in [9.17, 15) is 9.59 Å². The third-order valence-electron chi connectivity index (χ3n) is 2.41. The summed E-state index contributed by atoms with van der Waals surface area (Å²) in [5.41, 5.74) is -0.229. The van der Waals surface area contributed by atoms with Crippen molar-refractivity contribution in [3.63, 3.8) is 0 Å². The van der Waals surface area contributed by atoms with Crippen molar-refractivity contribution in [1.29, 1.82) is 0 Å². The molecular weight excluding hydrogens is 302 g/mol. The number of aromatic nitrogens is 2. The number of hydrogen-bond donors (Lipinski definition) is 2. The molecule has 0 bridgehead atoms. The van der Waals surface area contributed by atoms with Gasteiger partial charge >= 0.3 is 6.09 Å². The van der Waals surface area contributed by atoms with Crippen molar-refractivity contribution in [2.24, 2.45) is 0 Å². The van der Waals surface area contributed by atoms with Gasteiger partial charge in [0.2, 0.25) is 0 Å². The van der Waals surface area contributed by atoms with Crippen LogP contribution in [-0.4, -0.2) is 27.5 Å². The summed E-state index contributed by atoms with van der Waals surface area (Å²) in [6, 6.07) is 5.30. The lowest BCUT2D eigenvalue weighted by atomic mass is 10.2. The minimum Gasteiger partial charge on any atom is -0.465 e. The Hall–Kier alpha value is -1.89. The molecule has 0 aliphatic heterocycles. The van der Waals surface area contributed by atoms with E-state index >= 15 is 0 Å². The molecule has 1 heterocycles. The van der Waals surface area contributed by atoms with Gasteiger partial charge in [-0.15, -0.1) is 0 Å². The van der Waals surface area contributed by atoms with Crippen LogP contribution in [0.2, 0.25) is 0 Å². The maximum Gasteiger partial charge on any atom is 0.404 e. The van der Waals surface area contributed by atoms with Gasteiger partial charge in [0, 0.05) is 16.4 Å². The van der Waals surface area contributed by atoms with E-state index in [1.54, 1.807) is 18.3 Å². The van der Waals surface area contributed by atoms with Gasteiger partial charge in [-0.05, 0) is 18.2 Å². The van der Waals surface area contributed by atoms with Crippen LogP contribution in [0.15, 0.2) is 33.7 Å². The zero-order valence-electron chi connectivity index (χ0n) is 9.26. The predicted octanol–water partition coefficient (Wildman–Crippen LogP) is 1.43. The number of hydrogen-bond acceptors (Lipinski definition) is 3. The summed E-state index contributed by atoms with van der Waals surface area (Å²) in [6.07, 6.45) is 0.468. The number of rotatable bonds is 3. The van der Waals surface area contributed by atoms with Crippen LogP contribution >= 0.6 is 15.9 Å². The molecule has 7 heteroatoms.